The van der Waals surface area contributed by atoms with Crippen LogP contribution in [0.3, 0.4) is 0 Å². The van der Waals surface area contributed by atoms with Crippen LogP contribution in [0.2, 0.25) is 5.02 Å². The van der Waals surface area contributed by atoms with E-state index in [0.29, 0.717) is 16.3 Å². The molecule has 0 fully saturated rings. The van der Waals surface area contributed by atoms with Gasteiger partial charge >= 0.3 is 6.18 Å². The van der Waals surface area contributed by atoms with Crippen molar-refractivity contribution in [2.24, 2.45) is 0 Å². The van der Waals surface area contributed by atoms with E-state index >= 15 is 0 Å². The Labute approximate surface area is 169 Å². The summed E-state index contributed by atoms with van der Waals surface area (Å²) in [5, 5.41) is 5.57. The molecule has 2 N–H and O–H groups in total. The molecule has 0 unspecified atom stereocenters. The largest absolute Gasteiger partial charge is 0.416 e. The van der Waals surface area contributed by atoms with Crippen LogP contribution in [0.1, 0.15) is 26.3 Å². The molecule has 8 heteroatoms. The molecule has 0 bridgehead atoms. The zero-order valence-electron chi connectivity index (χ0n) is 14.8. The highest BCUT2D eigenvalue weighted by Gasteiger charge is 2.30. The standard InChI is InChI=1S/C21H14ClF3N2O2/c22-16-9-7-13(8-10-16)19(28)26-17-5-1-3-14(11-17)20(29)27-18-6-2-4-15(12-18)21(23,24)25/h1-12H,(H,26,28)(H,27,29). The van der Waals surface area contributed by atoms with Crippen molar-refractivity contribution in [2.45, 2.75) is 6.18 Å². The summed E-state index contributed by atoms with van der Waals surface area (Å²) in [4.78, 5) is 24.7. The summed E-state index contributed by atoms with van der Waals surface area (Å²) in [6.07, 6.45) is -4.51. The van der Waals surface area contributed by atoms with Gasteiger partial charge in [0.2, 0.25) is 0 Å². The van der Waals surface area contributed by atoms with E-state index in [1.165, 1.54) is 24.3 Å². The van der Waals surface area contributed by atoms with Crippen LogP contribution in [0.15, 0.2) is 72.8 Å². The molecule has 0 spiro atoms. The third kappa shape index (κ3) is 5.36. The van der Waals surface area contributed by atoms with Crippen molar-refractivity contribution in [2.75, 3.05) is 10.6 Å². The first-order chi connectivity index (χ1) is 13.7. The predicted octanol–water partition coefficient (Wildman–Crippen LogP) is 5.86. The van der Waals surface area contributed by atoms with Crippen LogP contribution in [-0.4, -0.2) is 11.8 Å². The number of benzene rings is 3. The van der Waals surface area contributed by atoms with Gasteiger partial charge in [0, 0.05) is 27.5 Å². The van der Waals surface area contributed by atoms with E-state index < -0.39 is 23.6 Å². The molecular weight excluding hydrogens is 405 g/mol. The summed E-state index contributed by atoms with van der Waals surface area (Å²) in [6, 6.07) is 16.7. The molecule has 3 aromatic rings. The summed E-state index contributed by atoms with van der Waals surface area (Å²) in [5.41, 5.74) is 0.0749. The lowest BCUT2D eigenvalue weighted by Gasteiger charge is -2.11. The second-order valence-corrected chi connectivity index (χ2v) is 6.51. The second kappa shape index (κ2) is 8.36. The van der Waals surface area contributed by atoms with Crippen molar-refractivity contribution in [1.82, 2.24) is 0 Å². The van der Waals surface area contributed by atoms with E-state index in [-0.39, 0.29) is 11.3 Å². The molecule has 4 nitrogen and oxygen atoms in total. The maximum Gasteiger partial charge on any atom is 0.416 e. The average molecular weight is 419 g/mol. The van der Waals surface area contributed by atoms with Crippen molar-refractivity contribution in [3.63, 3.8) is 0 Å². The van der Waals surface area contributed by atoms with Gasteiger partial charge in [-0.2, -0.15) is 13.2 Å². The van der Waals surface area contributed by atoms with Gasteiger partial charge in [-0.15, -0.1) is 0 Å². The van der Waals surface area contributed by atoms with Crippen LogP contribution in [0.4, 0.5) is 24.5 Å². The minimum Gasteiger partial charge on any atom is -0.322 e. The Morgan fingerprint density at radius 2 is 1.28 bits per heavy atom. The van der Waals surface area contributed by atoms with Gasteiger partial charge in [-0.3, -0.25) is 9.59 Å². The topological polar surface area (TPSA) is 58.2 Å². The molecule has 0 aliphatic carbocycles. The summed E-state index contributed by atoms with van der Waals surface area (Å²) >= 11 is 5.79. The number of carbonyl (C=O) groups is 2. The van der Waals surface area contributed by atoms with Crippen molar-refractivity contribution < 1.29 is 22.8 Å². The summed E-state index contributed by atoms with van der Waals surface area (Å²) < 4.78 is 38.4. The number of anilines is 2. The normalized spacial score (nSPS) is 11.0. The van der Waals surface area contributed by atoms with E-state index in [2.05, 4.69) is 10.6 Å². The zero-order chi connectivity index (χ0) is 21.0. The number of rotatable bonds is 4. The van der Waals surface area contributed by atoms with Crippen molar-refractivity contribution in [3.05, 3.63) is 94.5 Å². The Kier molecular flexibility index (Phi) is 5.89. The Balaban J connectivity index is 1.73. The van der Waals surface area contributed by atoms with Crippen molar-refractivity contribution >= 4 is 34.8 Å². The minimum absolute atomic E-state index is 0.0143. The van der Waals surface area contributed by atoms with E-state index in [9.17, 15) is 22.8 Å². The van der Waals surface area contributed by atoms with Crippen LogP contribution in [0.25, 0.3) is 0 Å². The molecule has 3 rings (SSSR count). The number of carbonyl (C=O) groups excluding carboxylic acids is 2. The fraction of sp³-hybridized carbons (Fsp3) is 0.0476. The molecular formula is C21H14ClF3N2O2. The Morgan fingerprint density at radius 3 is 1.90 bits per heavy atom. The Bertz CT molecular complexity index is 1050. The fourth-order valence-electron chi connectivity index (χ4n) is 2.52. The van der Waals surface area contributed by atoms with E-state index in [1.54, 1.807) is 36.4 Å². The molecule has 2 amide bonds. The molecule has 0 heterocycles. The monoisotopic (exact) mass is 418 g/mol. The lowest BCUT2D eigenvalue weighted by atomic mass is 10.1. The number of hydrogen-bond acceptors (Lipinski definition) is 2. The molecule has 0 saturated carbocycles. The molecule has 29 heavy (non-hydrogen) atoms. The van der Waals surface area contributed by atoms with Gasteiger partial charge in [-0.25, -0.2) is 0 Å². The van der Waals surface area contributed by atoms with Gasteiger partial charge in [-0.1, -0.05) is 23.7 Å². The third-order valence-electron chi connectivity index (χ3n) is 3.94. The van der Waals surface area contributed by atoms with Crippen LogP contribution in [-0.2, 0) is 6.18 Å². The molecule has 148 valence electrons. The van der Waals surface area contributed by atoms with Gasteiger partial charge < -0.3 is 10.6 Å². The smallest absolute Gasteiger partial charge is 0.322 e. The highest BCUT2D eigenvalue weighted by Crippen LogP contribution is 2.30. The number of nitrogens with one attached hydrogen (secondary N) is 2. The van der Waals surface area contributed by atoms with Gasteiger partial charge in [0.05, 0.1) is 5.56 Å². The number of amides is 2. The van der Waals surface area contributed by atoms with Crippen molar-refractivity contribution in [3.8, 4) is 0 Å². The molecule has 0 radical (unpaired) electrons. The highest BCUT2D eigenvalue weighted by atomic mass is 35.5. The molecule has 0 aromatic heterocycles. The van der Waals surface area contributed by atoms with E-state index in [1.807, 2.05) is 0 Å². The summed E-state index contributed by atoms with van der Waals surface area (Å²) in [6.45, 7) is 0. The van der Waals surface area contributed by atoms with Gasteiger partial charge in [-0.05, 0) is 60.7 Å². The zero-order valence-corrected chi connectivity index (χ0v) is 15.5. The fourth-order valence-corrected chi connectivity index (χ4v) is 2.65. The van der Waals surface area contributed by atoms with Crippen LogP contribution in [0.5, 0.6) is 0 Å². The maximum atomic E-state index is 12.8. The second-order valence-electron chi connectivity index (χ2n) is 6.07. The van der Waals surface area contributed by atoms with Gasteiger partial charge in [0.15, 0.2) is 0 Å². The average Bonchev–Trinajstić information content (AvgIpc) is 2.68. The van der Waals surface area contributed by atoms with E-state index in [0.717, 1.165) is 12.1 Å². The van der Waals surface area contributed by atoms with Crippen molar-refractivity contribution in [1.29, 1.82) is 0 Å². The van der Waals surface area contributed by atoms with Crippen LogP contribution in [0, 0.1) is 0 Å². The number of halogens is 4. The van der Waals surface area contributed by atoms with Crippen LogP contribution >= 0.6 is 11.6 Å². The minimum atomic E-state index is -4.51. The molecule has 3 aromatic carbocycles. The first-order valence-electron chi connectivity index (χ1n) is 8.38. The summed E-state index contributed by atoms with van der Waals surface area (Å²) in [7, 11) is 0. The van der Waals surface area contributed by atoms with Crippen LogP contribution < -0.4 is 10.6 Å². The Morgan fingerprint density at radius 1 is 0.724 bits per heavy atom. The number of hydrogen-bond donors (Lipinski definition) is 2. The third-order valence-corrected chi connectivity index (χ3v) is 4.19. The lowest BCUT2D eigenvalue weighted by molar-refractivity contribution is -0.137. The molecule has 0 aliphatic rings. The Hall–Kier alpha value is -3.32. The quantitative estimate of drug-likeness (QED) is 0.557. The van der Waals surface area contributed by atoms with Gasteiger partial charge in [0.25, 0.3) is 11.8 Å². The lowest BCUT2D eigenvalue weighted by Crippen LogP contribution is -2.15. The first kappa shape index (κ1) is 20.4. The predicted molar refractivity (Wildman–Crippen MR) is 105 cm³/mol. The highest BCUT2D eigenvalue weighted by molar-refractivity contribution is 6.30. The molecule has 0 atom stereocenters. The number of alkyl halides is 3. The molecule has 0 aliphatic heterocycles. The van der Waals surface area contributed by atoms with Gasteiger partial charge in [0.1, 0.15) is 0 Å². The van der Waals surface area contributed by atoms with E-state index in [4.69, 9.17) is 11.6 Å². The SMILES string of the molecule is O=C(Nc1cccc(C(=O)Nc2cccc(C(F)(F)F)c2)c1)c1ccc(Cl)cc1. The maximum absolute atomic E-state index is 12.8. The molecule has 0 saturated heterocycles. The summed E-state index contributed by atoms with van der Waals surface area (Å²) in [5.74, 6) is -0.996. The first-order valence-corrected chi connectivity index (χ1v) is 8.76.